The fourth-order valence-electron chi connectivity index (χ4n) is 0.744. The molecule has 0 bridgehead atoms. The summed E-state index contributed by atoms with van der Waals surface area (Å²) in [5, 5.41) is 0. The lowest BCUT2D eigenvalue weighted by molar-refractivity contribution is 0.590. The van der Waals surface area contributed by atoms with Gasteiger partial charge in [-0.2, -0.15) is 0 Å². The van der Waals surface area contributed by atoms with E-state index in [1.165, 1.54) is 12.1 Å². The van der Waals surface area contributed by atoms with Gasteiger partial charge in [0.2, 0.25) is 0 Å². The maximum absolute atomic E-state index is 7.70. The maximum atomic E-state index is 7.70. The van der Waals surface area contributed by atoms with Gasteiger partial charge in [-0.15, -0.1) is 0 Å². The third-order valence-electron chi connectivity index (χ3n) is 1.47. The summed E-state index contributed by atoms with van der Waals surface area (Å²) < 4.78 is 60.6. The molecule has 0 spiro atoms. The zero-order chi connectivity index (χ0) is 15.2. The molecule has 0 nitrogen and oxygen atoms in total. The van der Waals surface area contributed by atoms with E-state index in [0.717, 1.165) is 6.92 Å². The van der Waals surface area contributed by atoms with Gasteiger partial charge in [0.15, 0.2) is 0 Å². The van der Waals surface area contributed by atoms with Crippen molar-refractivity contribution >= 4 is 0 Å². The fourth-order valence-corrected chi connectivity index (χ4v) is 0.744. The highest BCUT2D eigenvalue weighted by Gasteiger charge is 2.11. The van der Waals surface area contributed by atoms with E-state index in [4.69, 9.17) is 11.0 Å². The summed E-state index contributed by atoms with van der Waals surface area (Å²) >= 11 is 0. The summed E-state index contributed by atoms with van der Waals surface area (Å²) in [7, 11) is 0. The Morgan fingerprint density at radius 3 is 2.36 bits per heavy atom. The molecule has 1 rings (SSSR count). The van der Waals surface area contributed by atoms with Crippen LogP contribution in [-0.4, -0.2) is 0 Å². The molecule has 0 amide bonds. The Morgan fingerprint density at radius 2 is 1.91 bits per heavy atom. The highest BCUT2D eigenvalue weighted by Crippen LogP contribution is 2.21. The predicted molar refractivity (Wildman–Crippen MR) is 49.9 cm³/mol. The van der Waals surface area contributed by atoms with E-state index in [1.807, 2.05) is 0 Å². The van der Waals surface area contributed by atoms with Crippen molar-refractivity contribution in [2.75, 3.05) is 0 Å². The molecule has 0 fully saturated rings. The average Bonchev–Trinajstić information content (AvgIpc) is 2.20. The number of hydrogen-bond acceptors (Lipinski definition) is 0. The van der Waals surface area contributed by atoms with Gasteiger partial charge >= 0.3 is 0 Å². The van der Waals surface area contributed by atoms with Crippen LogP contribution in [0.5, 0.6) is 0 Å². The van der Waals surface area contributed by atoms with Crippen LogP contribution in [0.2, 0.25) is 0 Å². The van der Waals surface area contributed by atoms with Crippen LogP contribution in [0.3, 0.4) is 0 Å². The Labute approximate surface area is 80.5 Å². The van der Waals surface area contributed by atoms with Gasteiger partial charge in [-0.05, 0) is 17.9 Å². The third-order valence-corrected chi connectivity index (χ3v) is 1.47. The van der Waals surface area contributed by atoms with Crippen LogP contribution in [-0.2, 0) is 5.41 Å². The van der Waals surface area contributed by atoms with Gasteiger partial charge in [0.25, 0.3) is 0 Å². The Hall–Kier alpha value is -0.780. The first-order chi connectivity index (χ1) is 8.32. The predicted octanol–water partition coefficient (Wildman–Crippen LogP) is 3.29. The van der Waals surface area contributed by atoms with Crippen LogP contribution in [0.4, 0.5) is 0 Å². The lowest BCUT2D eigenvalue weighted by Crippen LogP contribution is -2.10. The largest absolute Gasteiger partial charge is 0.0626 e. The van der Waals surface area contributed by atoms with Gasteiger partial charge in [0.05, 0.1) is 2.74 Å². The molecule has 0 heterocycles. The molecule has 0 saturated carbocycles. The molecule has 1 aromatic rings. The Balaban J connectivity index is 3.62. The Kier molecular flexibility index (Phi) is 0.640. The summed E-state index contributed by atoms with van der Waals surface area (Å²) in [6.07, 6.45) is 0. The molecule has 0 unspecified atom stereocenters. The van der Waals surface area contributed by atoms with Crippen molar-refractivity contribution < 1.29 is 11.0 Å². The first-order valence-corrected chi connectivity index (χ1v) is 3.40. The van der Waals surface area contributed by atoms with Crippen molar-refractivity contribution in [1.29, 1.82) is 0 Å². The highest BCUT2D eigenvalue weighted by molar-refractivity contribution is 5.26. The van der Waals surface area contributed by atoms with Gasteiger partial charge in [-0.3, -0.25) is 0 Å². The van der Waals surface area contributed by atoms with E-state index in [2.05, 4.69) is 0 Å². The van der Waals surface area contributed by atoms with Crippen molar-refractivity contribution in [3.05, 3.63) is 35.3 Å². The highest BCUT2D eigenvalue weighted by atomic mass is 14.2. The van der Waals surface area contributed by atoms with Gasteiger partial charge in [-0.25, -0.2) is 0 Å². The molecular formula is C11H16. The molecule has 60 valence electrons. The standard InChI is InChI=1S/C11H16/c1-9-5-7-10(8-6-9)11(2,3)4/h5-8H,1-4H3/i2D3,3D3,5D,6D. The SMILES string of the molecule is [2H]c1cc(C(C)(C([2H])([2H])[2H])C([2H])([2H])[2H])cc([2H])c1C. The van der Waals surface area contributed by atoms with Crippen LogP contribution >= 0.6 is 0 Å². The lowest BCUT2D eigenvalue weighted by Gasteiger charge is -2.18. The average molecular weight is 156 g/mol. The van der Waals surface area contributed by atoms with Crippen LogP contribution < -0.4 is 0 Å². The molecule has 0 aliphatic heterocycles. The lowest BCUT2D eigenvalue weighted by atomic mass is 9.87. The van der Waals surface area contributed by atoms with E-state index in [0.29, 0.717) is 5.56 Å². The van der Waals surface area contributed by atoms with E-state index in [-0.39, 0.29) is 17.6 Å². The number of hydrogen-bond donors (Lipinski definition) is 0. The second kappa shape index (κ2) is 2.69. The molecule has 0 aromatic heterocycles. The molecule has 0 heteroatoms. The Morgan fingerprint density at radius 1 is 1.36 bits per heavy atom. The minimum atomic E-state index is -2.76. The molecule has 0 aliphatic carbocycles. The smallest absolute Gasteiger partial charge is 0.0590 e. The van der Waals surface area contributed by atoms with Gasteiger partial charge in [0, 0.05) is 8.22 Å². The van der Waals surface area contributed by atoms with Gasteiger partial charge in [-0.1, -0.05) is 50.4 Å². The summed E-state index contributed by atoms with van der Waals surface area (Å²) in [4.78, 5) is 0. The molecule has 11 heavy (non-hydrogen) atoms. The maximum Gasteiger partial charge on any atom is 0.0626 e. The van der Waals surface area contributed by atoms with Crippen molar-refractivity contribution in [2.45, 2.75) is 33.0 Å². The summed E-state index contributed by atoms with van der Waals surface area (Å²) in [6.45, 7) is -2.81. The van der Waals surface area contributed by atoms with Crippen LogP contribution in [0.25, 0.3) is 0 Å². The van der Waals surface area contributed by atoms with Crippen molar-refractivity contribution in [1.82, 2.24) is 0 Å². The zero-order valence-electron chi connectivity index (χ0n) is 14.7. The minimum Gasteiger partial charge on any atom is -0.0590 e. The summed E-state index contributed by atoms with van der Waals surface area (Å²) in [6, 6.07) is 2.41. The fraction of sp³-hybridized carbons (Fsp3) is 0.455. The topological polar surface area (TPSA) is 0 Å². The van der Waals surface area contributed by atoms with Gasteiger partial charge in [0.1, 0.15) is 0 Å². The number of rotatable bonds is 0. The Bertz CT molecular complexity index is 445. The normalized spacial score (nSPS) is 24.5. The summed E-state index contributed by atoms with van der Waals surface area (Å²) in [5.74, 6) is 0. The monoisotopic (exact) mass is 156 g/mol. The molecule has 1 aromatic carbocycles. The molecule has 0 aliphatic rings. The van der Waals surface area contributed by atoms with Crippen molar-refractivity contribution in [3.63, 3.8) is 0 Å². The number of benzene rings is 1. The molecule has 0 N–H and O–H groups in total. The minimum absolute atomic E-state index is 0.0203. The van der Waals surface area contributed by atoms with Crippen LogP contribution in [0.1, 0.15) is 42.7 Å². The van der Waals surface area contributed by atoms with Crippen molar-refractivity contribution in [3.8, 4) is 0 Å². The third kappa shape index (κ3) is 2.07. The summed E-state index contributed by atoms with van der Waals surface area (Å²) in [5.41, 5.74) is -1.73. The van der Waals surface area contributed by atoms with E-state index in [9.17, 15) is 0 Å². The van der Waals surface area contributed by atoms with E-state index < -0.39 is 19.1 Å². The van der Waals surface area contributed by atoms with Crippen LogP contribution in [0.15, 0.2) is 24.2 Å². The second-order valence-corrected chi connectivity index (χ2v) is 2.78. The second-order valence-electron chi connectivity index (χ2n) is 2.78. The zero-order valence-corrected chi connectivity index (χ0v) is 6.65. The molecular weight excluding hydrogens is 132 g/mol. The molecule has 0 saturated heterocycles. The van der Waals surface area contributed by atoms with E-state index >= 15 is 0 Å². The van der Waals surface area contributed by atoms with Gasteiger partial charge < -0.3 is 0 Å². The van der Waals surface area contributed by atoms with Crippen LogP contribution in [0, 0.1) is 6.92 Å². The molecule has 0 radical (unpaired) electrons. The first-order valence-electron chi connectivity index (χ1n) is 7.40. The van der Waals surface area contributed by atoms with Crippen molar-refractivity contribution in [2.24, 2.45) is 0 Å². The molecule has 0 atom stereocenters. The van der Waals surface area contributed by atoms with E-state index in [1.54, 1.807) is 6.92 Å². The first kappa shape index (κ1) is 2.62. The quantitative estimate of drug-likeness (QED) is 0.540.